The third-order valence-corrected chi connectivity index (χ3v) is 10.8. The Morgan fingerprint density at radius 3 is 2.70 bits per heavy atom. The summed E-state index contributed by atoms with van der Waals surface area (Å²) in [5.41, 5.74) is 0.0168. The quantitative estimate of drug-likeness (QED) is 0.502. The van der Waals surface area contributed by atoms with Crippen LogP contribution in [-0.2, 0) is 4.79 Å². The van der Waals surface area contributed by atoms with Crippen molar-refractivity contribution >= 4 is 23.7 Å². The van der Waals surface area contributed by atoms with E-state index in [1.54, 1.807) is 0 Å². The zero-order valence-corrected chi connectivity index (χ0v) is 21.3. The summed E-state index contributed by atoms with van der Waals surface area (Å²) >= 11 is 1.88. The first-order valence-corrected chi connectivity index (χ1v) is 14.3. The summed E-state index contributed by atoms with van der Waals surface area (Å²) in [6.07, 6.45) is 10.1. The Morgan fingerprint density at radius 2 is 1.88 bits per heavy atom. The summed E-state index contributed by atoms with van der Waals surface area (Å²) in [5.74, 6) is 1.84. The van der Waals surface area contributed by atoms with Crippen molar-refractivity contribution in [2.24, 2.45) is 23.7 Å². The lowest BCUT2D eigenvalue weighted by Crippen LogP contribution is -2.60. The number of fused-ring (bicyclic) bond motifs is 2. The molecule has 0 spiro atoms. The van der Waals surface area contributed by atoms with Crippen molar-refractivity contribution in [2.45, 2.75) is 107 Å². The van der Waals surface area contributed by atoms with Crippen molar-refractivity contribution in [1.29, 1.82) is 0 Å². The van der Waals surface area contributed by atoms with Crippen molar-refractivity contribution in [3.63, 3.8) is 0 Å². The van der Waals surface area contributed by atoms with Crippen LogP contribution >= 0.6 is 11.8 Å². The van der Waals surface area contributed by atoms with E-state index < -0.39 is 0 Å². The Hall–Kier alpha value is -0.990. The predicted octanol–water partition coefficient (Wildman–Crippen LogP) is 2.87. The highest BCUT2D eigenvalue weighted by Crippen LogP contribution is 2.43. The number of hydrogen-bond donors (Lipinski definition) is 4. The fraction of sp³-hybridized carbons (Fsp3) is 0.920. The average molecular weight is 478 g/mol. The molecule has 33 heavy (non-hydrogen) atoms. The lowest BCUT2D eigenvalue weighted by Gasteiger charge is -2.50. The third-order valence-electron chi connectivity index (χ3n) is 9.34. The van der Waals surface area contributed by atoms with Crippen LogP contribution in [0.1, 0.15) is 71.6 Å². The molecule has 8 heteroatoms. The maximum atomic E-state index is 13.4. The zero-order valence-electron chi connectivity index (χ0n) is 20.5. The van der Waals surface area contributed by atoms with E-state index in [4.69, 9.17) is 0 Å². The van der Waals surface area contributed by atoms with Crippen LogP contribution in [0.4, 0.5) is 4.79 Å². The van der Waals surface area contributed by atoms with E-state index in [-0.39, 0.29) is 23.5 Å². The SMILES string of the molecule is CC1CC2C(CN1)CC(C1CC(NC(=O)NC3NC4CCCCC4S3)CCC1C)C(=O)N2C. The van der Waals surface area contributed by atoms with E-state index in [2.05, 4.69) is 40.0 Å². The van der Waals surface area contributed by atoms with Gasteiger partial charge in [0.25, 0.3) is 0 Å². The minimum atomic E-state index is -0.0606. The second-order valence-electron chi connectivity index (χ2n) is 11.5. The first kappa shape index (κ1) is 23.7. The Balaban J connectivity index is 1.16. The van der Waals surface area contributed by atoms with Crippen LogP contribution in [0.3, 0.4) is 0 Å². The lowest BCUT2D eigenvalue weighted by molar-refractivity contribution is -0.148. The first-order chi connectivity index (χ1) is 15.9. The minimum Gasteiger partial charge on any atom is -0.342 e. The molecular weight excluding hydrogens is 434 g/mol. The van der Waals surface area contributed by atoms with Gasteiger partial charge in [0.15, 0.2) is 0 Å². The second kappa shape index (κ2) is 9.94. The van der Waals surface area contributed by atoms with Gasteiger partial charge in [-0.15, -0.1) is 11.8 Å². The standard InChI is InChI=1S/C25H43N5O2S/c1-14-8-9-17(27-24(32)29-25-28-20-6-4-5-7-22(20)33-25)12-18(14)19-11-16-13-26-15(2)10-21(16)30(3)23(19)31/h14-22,25-26,28H,4-13H2,1-3H3,(H2,27,29,32). The van der Waals surface area contributed by atoms with Crippen LogP contribution in [0.5, 0.6) is 0 Å². The number of piperidine rings is 2. The van der Waals surface area contributed by atoms with Gasteiger partial charge in [0, 0.05) is 48.9 Å². The highest BCUT2D eigenvalue weighted by Gasteiger charge is 2.47. The Bertz CT molecular complexity index is 724. The van der Waals surface area contributed by atoms with Gasteiger partial charge in [-0.25, -0.2) is 4.79 Å². The summed E-state index contributed by atoms with van der Waals surface area (Å²) in [4.78, 5) is 28.3. The lowest BCUT2D eigenvalue weighted by atomic mass is 9.65. The van der Waals surface area contributed by atoms with Gasteiger partial charge in [-0.05, 0) is 69.6 Å². The molecule has 10 unspecified atom stereocenters. The molecule has 2 saturated carbocycles. The molecule has 186 valence electrons. The molecule has 0 aromatic carbocycles. The van der Waals surface area contributed by atoms with E-state index in [0.717, 1.165) is 38.6 Å². The monoisotopic (exact) mass is 477 g/mol. The fourth-order valence-electron chi connectivity index (χ4n) is 7.38. The molecule has 0 aromatic rings. The number of hydrogen-bond acceptors (Lipinski definition) is 5. The molecule has 3 saturated heterocycles. The summed E-state index contributed by atoms with van der Waals surface area (Å²) in [6.45, 7) is 5.54. The smallest absolute Gasteiger partial charge is 0.316 e. The number of urea groups is 1. The topological polar surface area (TPSA) is 85.5 Å². The molecule has 10 atom stereocenters. The number of amides is 3. The van der Waals surface area contributed by atoms with Gasteiger partial charge in [-0.2, -0.15) is 0 Å². The van der Waals surface area contributed by atoms with Gasteiger partial charge >= 0.3 is 6.03 Å². The van der Waals surface area contributed by atoms with Gasteiger partial charge in [-0.1, -0.05) is 19.8 Å². The molecule has 5 fully saturated rings. The number of carbonyl (C=O) groups is 2. The fourth-order valence-corrected chi connectivity index (χ4v) is 8.87. The Labute approximate surface area is 203 Å². The summed E-state index contributed by atoms with van der Waals surface area (Å²) in [6, 6.07) is 1.50. The molecule has 7 nitrogen and oxygen atoms in total. The highest BCUT2D eigenvalue weighted by atomic mass is 32.2. The number of carbonyl (C=O) groups excluding carboxylic acids is 2. The van der Waals surface area contributed by atoms with Crippen LogP contribution in [0.15, 0.2) is 0 Å². The number of likely N-dealkylation sites (tertiary alicyclic amines) is 1. The molecule has 4 N–H and O–H groups in total. The van der Waals surface area contributed by atoms with E-state index in [1.807, 2.05) is 18.8 Å². The second-order valence-corrected chi connectivity index (χ2v) is 12.9. The molecule has 5 aliphatic rings. The Kier molecular flexibility index (Phi) is 7.15. The molecule has 0 aromatic heterocycles. The van der Waals surface area contributed by atoms with Gasteiger partial charge in [0.2, 0.25) is 5.91 Å². The van der Waals surface area contributed by atoms with E-state index >= 15 is 0 Å². The van der Waals surface area contributed by atoms with E-state index in [1.165, 1.54) is 25.7 Å². The predicted molar refractivity (Wildman–Crippen MR) is 133 cm³/mol. The van der Waals surface area contributed by atoms with Crippen molar-refractivity contribution in [1.82, 2.24) is 26.2 Å². The van der Waals surface area contributed by atoms with Crippen molar-refractivity contribution in [3.8, 4) is 0 Å². The van der Waals surface area contributed by atoms with Crippen LogP contribution in [0, 0.1) is 23.7 Å². The summed E-state index contributed by atoms with van der Waals surface area (Å²) < 4.78 is 0. The highest BCUT2D eigenvalue weighted by molar-refractivity contribution is 8.00. The third kappa shape index (κ3) is 5.03. The molecular formula is C25H43N5O2S. The largest absolute Gasteiger partial charge is 0.342 e. The van der Waals surface area contributed by atoms with Crippen molar-refractivity contribution in [2.75, 3.05) is 13.6 Å². The molecule has 3 aliphatic heterocycles. The average Bonchev–Trinajstić information content (AvgIpc) is 3.20. The number of nitrogens with zero attached hydrogens (tertiary/aromatic N) is 1. The van der Waals surface area contributed by atoms with Gasteiger partial charge in [-0.3, -0.25) is 10.1 Å². The maximum Gasteiger partial charge on any atom is 0.316 e. The number of nitrogens with one attached hydrogen (secondary N) is 4. The van der Waals surface area contributed by atoms with Crippen LogP contribution in [-0.4, -0.2) is 65.3 Å². The van der Waals surface area contributed by atoms with Crippen LogP contribution in [0.2, 0.25) is 0 Å². The van der Waals surface area contributed by atoms with Gasteiger partial charge < -0.3 is 20.9 Å². The van der Waals surface area contributed by atoms with Crippen molar-refractivity contribution in [3.05, 3.63) is 0 Å². The molecule has 3 heterocycles. The number of rotatable bonds is 3. The molecule has 2 aliphatic carbocycles. The molecule has 0 bridgehead atoms. The van der Waals surface area contributed by atoms with Crippen LogP contribution < -0.4 is 21.3 Å². The van der Waals surface area contributed by atoms with Crippen molar-refractivity contribution < 1.29 is 9.59 Å². The number of thioether (sulfide) groups is 1. The Morgan fingerprint density at radius 1 is 1.06 bits per heavy atom. The first-order valence-electron chi connectivity index (χ1n) is 13.4. The van der Waals surface area contributed by atoms with Gasteiger partial charge in [0.05, 0.1) is 0 Å². The van der Waals surface area contributed by atoms with Crippen LogP contribution in [0.25, 0.3) is 0 Å². The molecule has 3 amide bonds. The molecule has 0 radical (unpaired) electrons. The van der Waals surface area contributed by atoms with E-state index in [0.29, 0.717) is 47.0 Å². The summed E-state index contributed by atoms with van der Waals surface area (Å²) in [5, 5.41) is 14.3. The van der Waals surface area contributed by atoms with E-state index in [9.17, 15) is 9.59 Å². The van der Waals surface area contributed by atoms with Gasteiger partial charge in [0.1, 0.15) is 5.50 Å². The minimum absolute atomic E-state index is 0.0168. The summed E-state index contributed by atoms with van der Waals surface area (Å²) in [7, 11) is 2.02. The zero-order chi connectivity index (χ0) is 23.1. The maximum absolute atomic E-state index is 13.4. The molecule has 5 rings (SSSR count). The normalized spacial score (nSPS) is 45.8.